The predicted molar refractivity (Wildman–Crippen MR) is 109 cm³/mol. The molecule has 0 radical (unpaired) electrons. The van der Waals surface area contributed by atoms with Gasteiger partial charge in [0, 0.05) is 35.2 Å². The molecule has 148 valence electrons. The number of nitrogens with one attached hydrogen (secondary N) is 1. The summed E-state index contributed by atoms with van der Waals surface area (Å²) in [6, 6.07) is 8.42. The van der Waals surface area contributed by atoms with Crippen LogP contribution in [0.3, 0.4) is 0 Å². The van der Waals surface area contributed by atoms with Crippen molar-refractivity contribution in [1.82, 2.24) is 20.1 Å². The minimum Gasteiger partial charge on any atom is -0.489 e. The van der Waals surface area contributed by atoms with E-state index in [1.54, 1.807) is 18.3 Å². The van der Waals surface area contributed by atoms with Crippen LogP contribution < -0.4 is 15.8 Å². The summed E-state index contributed by atoms with van der Waals surface area (Å²) in [5.74, 6) is 0.525. The van der Waals surface area contributed by atoms with Crippen molar-refractivity contribution in [2.45, 2.75) is 25.5 Å². The fourth-order valence-corrected chi connectivity index (χ4v) is 3.27. The van der Waals surface area contributed by atoms with Crippen molar-refractivity contribution in [3.8, 4) is 16.9 Å². The third-order valence-corrected chi connectivity index (χ3v) is 4.81. The first-order valence-corrected chi connectivity index (χ1v) is 9.07. The smallest absolute Gasteiger partial charge is 0.130 e. The van der Waals surface area contributed by atoms with Crippen LogP contribution in [0.25, 0.3) is 11.1 Å². The summed E-state index contributed by atoms with van der Waals surface area (Å²) < 4.78 is 21.0. The van der Waals surface area contributed by atoms with Gasteiger partial charge in [0.15, 0.2) is 0 Å². The number of nitrogens with zero attached hydrogens (tertiary/aromatic N) is 3. The molecule has 0 amide bonds. The largest absolute Gasteiger partial charge is 0.489 e. The molecule has 1 fully saturated rings. The Labute approximate surface area is 169 Å². The van der Waals surface area contributed by atoms with Crippen molar-refractivity contribution in [3.05, 3.63) is 60.3 Å². The molecule has 0 unspecified atom stereocenters. The summed E-state index contributed by atoms with van der Waals surface area (Å²) in [7, 11) is 0. The van der Waals surface area contributed by atoms with Crippen molar-refractivity contribution in [1.29, 1.82) is 0 Å². The topological polar surface area (TPSA) is 78.0 Å². The Morgan fingerprint density at radius 1 is 1.18 bits per heavy atom. The standard InChI is InChI=1S/C20H22FN5O.ClH/c21-17-2-1-3-19(9-17)27-13-15-8-14(10-24-20(15)22)16-11-25-26(12-16)18-4-6-23-7-5-18;/h1-3,8-12,18,23H,4-7,13H2,(H2,22,24);1H. The maximum atomic E-state index is 13.3. The molecular weight excluding hydrogens is 381 g/mol. The summed E-state index contributed by atoms with van der Waals surface area (Å²) >= 11 is 0. The number of nitrogen functional groups attached to an aromatic ring is 1. The van der Waals surface area contributed by atoms with Gasteiger partial charge in [0.1, 0.15) is 24.0 Å². The molecule has 0 bridgehead atoms. The highest BCUT2D eigenvalue weighted by atomic mass is 35.5. The Balaban J connectivity index is 0.00000225. The molecule has 3 heterocycles. The Morgan fingerprint density at radius 2 is 2.00 bits per heavy atom. The summed E-state index contributed by atoms with van der Waals surface area (Å²) in [5, 5.41) is 7.89. The molecule has 0 spiro atoms. The molecule has 8 heteroatoms. The van der Waals surface area contributed by atoms with Crippen molar-refractivity contribution in [3.63, 3.8) is 0 Å². The van der Waals surface area contributed by atoms with Crippen molar-refractivity contribution in [2.75, 3.05) is 18.8 Å². The van der Waals surface area contributed by atoms with Crippen LogP contribution in [0.5, 0.6) is 5.75 Å². The van der Waals surface area contributed by atoms with E-state index < -0.39 is 0 Å². The molecule has 1 aromatic carbocycles. The highest BCUT2D eigenvalue weighted by Crippen LogP contribution is 2.25. The van der Waals surface area contributed by atoms with E-state index in [0.717, 1.165) is 42.6 Å². The Hall–Kier alpha value is -2.64. The van der Waals surface area contributed by atoms with Crippen LogP contribution in [0.15, 0.2) is 48.9 Å². The van der Waals surface area contributed by atoms with E-state index in [9.17, 15) is 4.39 Å². The number of hydrogen-bond acceptors (Lipinski definition) is 5. The molecule has 1 saturated heterocycles. The van der Waals surface area contributed by atoms with Gasteiger partial charge in [-0.25, -0.2) is 9.37 Å². The average molecular weight is 404 g/mol. The van der Waals surface area contributed by atoms with E-state index in [1.807, 2.05) is 16.9 Å². The molecule has 1 aliphatic heterocycles. The lowest BCUT2D eigenvalue weighted by Gasteiger charge is -2.22. The fourth-order valence-electron chi connectivity index (χ4n) is 3.27. The van der Waals surface area contributed by atoms with Gasteiger partial charge in [-0.2, -0.15) is 5.10 Å². The molecule has 0 aliphatic carbocycles. The van der Waals surface area contributed by atoms with E-state index in [2.05, 4.69) is 21.6 Å². The lowest BCUT2D eigenvalue weighted by atomic mass is 10.1. The highest BCUT2D eigenvalue weighted by Gasteiger charge is 2.16. The van der Waals surface area contributed by atoms with Crippen molar-refractivity contribution in [2.24, 2.45) is 0 Å². The lowest BCUT2D eigenvalue weighted by molar-refractivity contribution is 0.305. The van der Waals surface area contributed by atoms with Crippen LogP contribution in [0.4, 0.5) is 10.2 Å². The molecule has 4 rings (SSSR count). The Kier molecular flexibility index (Phi) is 6.49. The maximum absolute atomic E-state index is 13.3. The number of benzene rings is 1. The Morgan fingerprint density at radius 3 is 2.79 bits per heavy atom. The minimum absolute atomic E-state index is 0. The molecule has 6 nitrogen and oxygen atoms in total. The van der Waals surface area contributed by atoms with Gasteiger partial charge in [-0.3, -0.25) is 4.68 Å². The van der Waals surface area contributed by atoms with Gasteiger partial charge in [-0.1, -0.05) is 6.07 Å². The number of pyridine rings is 1. The summed E-state index contributed by atoms with van der Waals surface area (Å²) in [6.45, 7) is 2.26. The molecule has 3 aromatic rings. The normalized spacial score (nSPS) is 14.5. The summed E-state index contributed by atoms with van der Waals surface area (Å²) in [6.07, 6.45) is 7.80. The minimum atomic E-state index is -0.335. The zero-order chi connectivity index (χ0) is 18.6. The van der Waals surface area contributed by atoms with Gasteiger partial charge < -0.3 is 15.8 Å². The lowest BCUT2D eigenvalue weighted by Crippen LogP contribution is -2.29. The van der Waals surface area contributed by atoms with E-state index in [1.165, 1.54) is 12.1 Å². The number of anilines is 1. The van der Waals surface area contributed by atoms with Gasteiger partial charge in [0.05, 0.1) is 12.2 Å². The van der Waals surface area contributed by atoms with Crippen LogP contribution >= 0.6 is 12.4 Å². The van der Waals surface area contributed by atoms with E-state index in [0.29, 0.717) is 17.6 Å². The monoisotopic (exact) mass is 403 g/mol. The van der Waals surface area contributed by atoms with Gasteiger partial charge >= 0.3 is 0 Å². The number of aromatic nitrogens is 3. The van der Waals surface area contributed by atoms with E-state index >= 15 is 0 Å². The Bertz CT molecular complexity index is 926. The van der Waals surface area contributed by atoms with Crippen molar-refractivity contribution >= 4 is 18.2 Å². The van der Waals surface area contributed by atoms with E-state index in [4.69, 9.17) is 10.5 Å². The van der Waals surface area contributed by atoms with Gasteiger partial charge in [0.25, 0.3) is 0 Å². The first-order valence-electron chi connectivity index (χ1n) is 9.07. The molecule has 2 aromatic heterocycles. The SMILES string of the molecule is Cl.Nc1ncc(-c2cnn(C3CCNCC3)c2)cc1COc1cccc(F)c1. The first kappa shape index (κ1) is 20.1. The van der Waals surface area contributed by atoms with Crippen LogP contribution in [0, 0.1) is 5.82 Å². The predicted octanol–water partition coefficient (Wildman–Crippen LogP) is 3.59. The van der Waals surface area contributed by atoms with Gasteiger partial charge in [-0.15, -0.1) is 12.4 Å². The maximum Gasteiger partial charge on any atom is 0.130 e. The third kappa shape index (κ3) is 4.61. The van der Waals surface area contributed by atoms with Crippen LogP contribution in [0.2, 0.25) is 0 Å². The molecule has 0 saturated carbocycles. The number of ether oxygens (including phenoxy) is 1. The number of rotatable bonds is 5. The zero-order valence-electron chi connectivity index (χ0n) is 15.3. The second-order valence-electron chi connectivity index (χ2n) is 6.70. The molecular formula is C20H23ClFN5O. The number of hydrogen-bond donors (Lipinski definition) is 2. The first-order chi connectivity index (χ1) is 13.2. The quantitative estimate of drug-likeness (QED) is 0.680. The van der Waals surface area contributed by atoms with E-state index in [-0.39, 0.29) is 24.8 Å². The fraction of sp³-hybridized carbons (Fsp3) is 0.300. The van der Waals surface area contributed by atoms with Crippen LogP contribution in [-0.2, 0) is 6.61 Å². The number of halogens is 2. The summed E-state index contributed by atoms with van der Waals surface area (Å²) in [5.41, 5.74) is 8.67. The summed E-state index contributed by atoms with van der Waals surface area (Å²) in [4.78, 5) is 4.28. The zero-order valence-corrected chi connectivity index (χ0v) is 16.2. The van der Waals surface area contributed by atoms with Crippen LogP contribution in [-0.4, -0.2) is 27.9 Å². The van der Waals surface area contributed by atoms with Gasteiger partial charge in [-0.05, 0) is 44.1 Å². The molecule has 1 aliphatic rings. The van der Waals surface area contributed by atoms with Gasteiger partial charge in [0.2, 0.25) is 0 Å². The third-order valence-electron chi connectivity index (χ3n) is 4.81. The molecule has 28 heavy (non-hydrogen) atoms. The second-order valence-corrected chi connectivity index (χ2v) is 6.70. The highest BCUT2D eigenvalue weighted by molar-refractivity contribution is 5.85. The number of nitrogens with two attached hydrogens (primary N) is 1. The van der Waals surface area contributed by atoms with Crippen LogP contribution in [0.1, 0.15) is 24.4 Å². The molecule has 3 N–H and O–H groups in total. The number of piperidine rings is 1. The average Bonchev–Trinajstić information content (AvgIpc) is 3.18. The molecule has 0 atom stereocenters. The van der Waals surface area contributed by atoms with Crippen molar-refractivity contribution < 1.29 is 9.13 Å². The second kappa shape index (κ2) is 9.03.